The van der Waals surface area contributed by atoms with Crippen LogP contribution in [0.1, 0.15) is 44.7 Å². The van der Waals surface area contributed by atoms with Gasteiger partial charge in [-0.3, -0.25) is 14.4 Å². The molecule has 6 nitrogen and oxygen atoms in total. The molecule has 0 N–H and O–H groups in total. The van der Waals surface area contributed by atoms with Gasteiger partial charge in [0, 0.05) is 27.8 Å². The molecule has 1 saturated heterocycles. The van der Waals surface area contributed by atoms with Crippen LogP contribution in [0.3, 0.4) is 0 Å². The fraction of sp³-hybridized carbons (Fsp3) is 0.233. The number of rotatable bonds is 4. The molecule has 37 heavy (non-hydrogen) atoms. The van der Waals surface area contributed by atoms with Gasteiger partial charge < -0.3 is 14.4 Å². The minimum atomic E-state index is -1.53. The topological polar surface area (TPSA) is 72.9 Å². The number of Topliss-reactive ketones (excluding diaryl/α,β-unsaturated/α-hetero) is 3. The van der Waals surface area contributed by atoms with Crippen molar-refractivity contribution in [3.05, 3.63) is 94.0 Å². The molecule has 2 heterocycles. The second kappa shape index (κ2) is 8.32. The summed E-state index contributed by atoms with van der Waals surface area (Å²) < 4.78 is 11.0. The van der Waals surface area contributed by atoms with E-state index in [1.165, 1.54) is 14.0 Å². The van der Waals surface area contributed by atoms with Gasteiger partial charge in [0.05, 0.1) is 26.3 Å². The van der Waals surface area contributed by atoms with Gasteiger partial charge in [-0.1, -0.05) is 54.1 Å². The molecule has 1 unspecified atom stereocenters. The van der Waals surface area contributed by atoms with Gasteiger partial charge in [-0.05, 0) is 48.4 Å². The SMILES string of the molecule is COc1ccc([C@H]2[C@H](C(C)=O)N3c4ccc(Cl)cc4C=CC3C23C(=O)c2ccccc2C3=O)cc1OC. The Bertz CT molecular complexity index is 1490. The molecule has 6 rings (SSSR count). The number of carbonyl (C=O) groups excluding carboxylic acids is 3. The third-order valence-electron chi connectivity index (χ3n) is 7.95. The molecule has 186 valence electrons. The summed E-state index contributed by atoms with van der Waals surface area (Å²) in [5.41, 5.74) is 1.48. The van der Waals surface area contributed by atoms with E-state index >= 15 is 0 Å². The summed E-state index contributed by atoms with van der Waals surface area (Å²) in [6, 6.07) is 16.2. The molecule has 0 bridgehead atoms. The fourth-order valence-corrected chi connectivity index (χ4v) is 6.70. The molecule has 1 aliphatic carbocycles. The van der Waals surface area contributed by atoms with Crippen molar-refractivity contribution in [2.45, 2.75) is 24.9 Å². The summed E-state index contributed by atoms with van der Waals surface area (Å²) in [6.07, 6.45) is 3.76. The molecular formula is C30H24ClNO5. The van der Waals surface area contributed by atoms with Crippen molar-refractivity contribution in [2.24, 2.45) is 5.41 Å². The van der Waals surface area contributed by atoms with Crippen molar-refractivity contribution < 1.29 is 23.9 Å². The Morgan fingerprint density at radius 2 is 1.59 bits per heavy atom. The first-order valence-electron chi connectivity index (χ1n) is 12.0. The number of benzene rings is 3. The number of nitrogens with zero attached hydrogens (tertiary/aromatic N) is 1. The largest absolute Gasteiger partial charge is 0.493 e. The molecule has 1 fully saturated rings. The molecular weight excluding hydrogens is 490 g/mol. The monoisotopic (exact) mass is 513 g/mol. The minimum Gasteiger partial charge on any atom is -0.493 e. The number of ether oxygens (including phenoxy) is 2. The Morgan fingerprint density at radius 3 is 2.22 bits per heavy atom. The summed E-state index contributed by atoms with van der Waals surface area (Å²) in [7, 11) is 3.07. The molecule has 0 saturated carbocycles. The van der Waals surface area contributed by atoms with Gasteiger partial charge in [0.25, 0.3) is 0 Å². The summed E-state index contributed by atoms with van der Waals surface area (Å²) >= 11 is 6.28. The maximum absolute atomic E-state index is 14.4. The van der Waals surface area contributed by atoms with E-state index < -0.39 is 23.4 Å². The van der Waals surface area contributed by atoms with E-state index in [-0.39, 0.29) is 17.3 Å². The van der Waals surface area contributed by atoms with E-state index in [4.69, 9.17) is 21.1 Å². The van der Waals surface area contributed by atoms with Crippen molar-refractivity contribution >= 4 is 40.7 Å². The number of hydrogen-bond donors (Lipinski definition) is 0. The third kappa shape index (κ3) is 3.02. The lowest BCUT2D eigenvalue weighted by Crippen LogP contribution is -2.48. The molecule has 2 aliphatic heterocycles. The number of carbonyl (C=O) groups is 3. The van der Waals surface area contributed by atoms with Crippen molar-refractivity contribution in [1.82, 2.24) is 0 Å². The lowest BCUT2D eigenvalue weighted by atomic mass is 9.64. The molecule has 3 aliphatic rings. The van der Waals surface area contributed by atoms with Gasteiger partial charge in [-0.15, -0.1) is 0 Å². The summed E-state index contributed by atoms with van der Waals surface area (Å²) in [6.45, 7) is 1.51. The van der Waals surface area contributed by atoms with E-state index in [0.717, 1.165) is 11.3 Å². The Hall–Kier alpha value is -3.90. The van der Waals surface area contributed by atoms with Gasteiger partial charge in [-0.2, -0.15) is 0 Å². The smallest absolute Gasteiger partial charge is 0.180 e. The van der Waals surface area contributed by atoms with Crippen LogP contribution >= 0.6 is 11.6 Å². The lowest BCUT2D eigenvalue weighted by molar-refractivity contribution is -0.118. The van der Waals surface area contributed by atoms with Crippen molar-refractivity contribution in [2.75, 3.05) is 19.1 Å². The maximum Gasteiger partial charge on any atom is 0.180 e. The van der Waals surface area contributed by atoms with Crippen molar-refractivity contribution in [3.8, 4) is 11.5 Å². The Kier molecular flexibility index (Phi) is 5.28. The zero-order valence-electron chi connectivity index (χ0n) is 20.5. The second-order valence-corrected chi connectivity index (χ2v) is 10.1. The first kappa shape index (κ1) is 23.5. The van der Waals surface area contributed by atoms with Crippen LogP contribution < -0.4 is 14.4 Å². The van der Waals surface area contributed by atoms with Crippen LogP contribution in [0, 0.1) is 5.41 Å². The number of ketones is 3. The normalized spacial score (nSPS) is 22.6. The highest BCUT2D eigenvalue weighted by Gasteiger charge is 2.71. The van der Waals surface area contributed by atoms with E-state index in [1.807, 2.05) is 35.3 Å². The Morgan fingerprint density at radius 1 is 0.919 bits per heavy atom. The maximum atomic E-state index is 14.4. The van der Waals surface area contributed by atoms with Gasteiger partial charge in [0.15, 0.2) is 28.8 Å². The van der Waals surface area contributed by atoms with Gasteiger partial charge in [0.2, 0.25) is 0 Å². The first-order valence-corrected chi connectivity index (χ1v) is 12.4. The number of fused-ring (bicyclic) bond motifs is 5. The van der Waals surface area contributed by atoms with Crippen LogP contribution in [0.5, 0.6) is 11.5 Å². The molecule has 0 aromatic heterocycles. The minimum absolute atomic E-state index is 0.144. The third-order valence-corrected chi connectivity index (χ3v) is 8.18. The number of methoxy groups -OCH3 is 2. The standard InChI is InChI=1S/C30H24ClNO5/c1-16(33)27-26(18-8-12-23(36-2)24(15-18)37-3)30(28(34)20-6-4-5-7-21(20)29(30)35)25-13-9-17-14-19(31)10-11-22(17)32(25)27/h4-15,25-27H,1-3H3/t25?,26-,27-/m0/s1. The van der Waals surface area contributed by atoms with E-state index in [9.17, 15) is 14.4 Å². The van der Waals surface area contributed by atoms with Crippen LogP contribution in [0.4, 0.5) is 5.69 Å². The van der Waals surface area contributed by atoms with Crippen LogP contribution in [-0.4, -0.2) is 43.7 Å². The van der Waals surface area contributed by atoms with Gasteiger partial charge in [0.1, 0.15) is 5.41 Å². The lowest BCUT2D eigenvalue weighted by Gasteiger charge is -2.37. The van der Waals surface area contributed by atoms with Gasteiger partial charge >= 0.3 is 0 Å². The van der Waals surface area contributed by atoms with Gasteiger partial charge in [-0.25, -0.2) is 0 Å². The Labute approximate surface area is 219 Å². The number of anilines is 1. The van der Waals surface area contributed by atoms with Crippen LogP contribution in [0.15, 0.2) is 66.7 Å². The summed E-state index contributed by atoms with van der Waals surface area (Å²) in [4.78, 5) is 44.3. The second-order valence-electron chi connectivity index (χ2n) is 9.63. The van der Waals surface area contributed by atoms with Crippen LogP contribution in [-0.2, 0) is 4.79 Å². The van der Waals surface area contributed by atoms with Crippen LogP contribution in [0.25, 0.3) is 6.08 Å². The van der Waals surface area contributed by atoms with E-state index in [0.29, 0.717) is 33.2 Å². The highest BCUT2D eigenvalue weighted by molar-refractivity contribution is 6.32. The van der Waals surface area contributed by atoms with E-state index in [2.05, 4.69) is 0 Å². The average Bonchev–Trinajstić information content (AvgIpc) is 3.34. The quantitative estimate of drug-likeness (QED) is 0.436. The average molecular weight is 514 g/mol. The fourth-order valence-electron chi connectivity index (χ4n) is 6.52. The van der Waals surface area contributed by atoms with E-state index in [1.54, 1.807) is 49.6 Å². The molecule has 3 aromatic rings. The summed E-state index contributed by atoms with van der Waals surface area (Å²) in [5, 5.41) is 0.562. The van der Waals surface area contributed by atoms with Crippen LogP contribution in [0.2, 0.25) is 5.02 Å². The summed E-state index contributed by atoms with van der Waals surface area (Å²) in [5.74, 6) is -0.478. The molecule has 1 spiro atoms. The number of halogens is 1. The highest BCUT2D eigenvalue weighted by atomic mass is 35.5. The first-order chi connectivity index (χ1) is 17.8. The van der Waals surface area contributed by atoms with Crippen molar-refractivity contribution in [3.63, 3.8) is 0 Å². The molecule has 3 aromatic carbocycles. The zero-order chi connectivity index (χ0) is 26.1. The predicted molar refractivity (Wildman–Crippen MR) is 141 cm³/mol. The number of hydrogen-bond acceptors (Lipinski definition) is 6. The Balaban J connectivity index is 1.67. The van der Waals surface area contributed by atoms with Crippen molar-refractivity contribution in [1.29, 1.82) is 0 Å². The highest BCUT2D eigenvalue weighted by Crippen LogP contribution is 2.61. The molecule has 7 heteroatoms. The predicted octanol–water partition coefficient (Wildman–Crippen LogP) is 5.38. The molecule has 0 radical (unpaired) electrons. The molecule has 0 amide bonds. The zero-order valence-corrected chi connectivity index (χ0v) is 21.3. The molecule has 3 atom stereocenters.